The summed E-state index contributed by atoms with van der Waals surface area (Å²) >= 11 is 0. The van der Waals surface area contributed by atoms with Crippen molar-refractivity contribution in [3.05, 3.63) is 46.8 Å². The van der Waals surface area contributed by atoms with Crippen LogP contribution in [-0.2, 0) is 12.8 Å². The summed E-state index contributed by atoms with van der Waals surface area (Å²) in [5, 5.41) is 4.76. The minimum atomic E-state index is -0.107. The van der Waals surface area contributed by atoms with Gasteiger partial charge in [0.25, 0.3) is 5.91 Å². The molecule has 0 radical (unpaired) electrons. The number of fused-ring (bicyclic) bond motifs is 1. The number of rotatable bonds is 5. The van der Waals surface area contributed by atoms with Crippen LogP contribution in [0.1, 0.15) is 54.0 Å². The Kier molecular flexibility index (Phi) is 5.19. The Morgan fingerprint density at radius 2 is 1.88 bits per heavy atom. The standard InChI is InChI=1S/C21H30N4O/c1-15-9-11-16(12-10-15)25-18-8-6-5-7-17(18)19(23-25)20(26)24(4)14-21(2,3)13-22/h9-12H,5-8,13-14,22H2,1-4H3. The number of carbonyl (C=O) groups excluding carboxylic acids is 1. The first-order valence-electron chi connectivity index (χ1n) is 9.46. The molecule has 1 amide bonds. The van der Waals surface area contributed by atoms with E-state index in [0.717, 1.165) is 36.9 Å². The maximum atomic E-state index is 13.1. The Labute approximate surface area is 156 Å². The van der Waals surface area contributed by atoms with E-state index in [4.69, 9.17) is 10.8 Å². The highest BCUT2D eigenvalue weighted by Crippen LogP contribution is 2.28. The van der Waals surface area contributed by atoms with Crippen molar-refractivity contribution in [2.24, 2.45) is 11.1 Å². The molecule has 0 fully saturated rings. The highest BCUT2D eigenvalue weighted by molar-refractivity contribution is 5.94. The second-order valence-corrected chi connectivity index (χ2v) is 8.26. The van der Waals surface area contributed by atoms with Gasteiger partial charge in [-0.05, 0) is 56.7 Å². The van der Waals surface area contributed by atoms with Crippen LogP contribution in [0.15, 0.2) is 24.3 Å². The average molecular weight is 354 g/mol. The molecule has 1 aliphatic carbocycles. The van der Waals surface area contributed by atoms with E-state index >= 15 is 0 Å². The van der Waals surface area contributed by atoms with Gasteiger partial charge < -0.3 is 10.6 Å². The van der Waals surface area contributed by atoms with Gasteiger partial charge in [0.2, 0.25) is 0 Å². The van der Waals surface area contributed by atoms with Crippen molar-refractivity contribution in [2.45, 2.75) is 46.5 Å². The molecule has 5 nitrogen and oxygen atoms in total. The number of hydrogen-bond donors (Lipinski definition) is 1. The van der Waals surface area contributed by atoms with Gasteiger partial charge in [0, 0.05) is 24.8 Å². The van der Waals surface area contributed by atoms with E-state index < -0.39 is 0 Å². The van der Waals surface area contributed by atoms with E-state index in [-0.39, 0.29) is 11.3 Å². The molecule has 0 saturated carbocycles. The molecule has 0 atom stereocenters. The fourth-order valence-electron chi connectivity index (χ4n) is 3.63. The Bertz CT molecular complexity index is 789. The highest BCUT2D eigenvalue weighted by Gasteiger charge is 2.29. The molecule has 0 aliphatic heterocycles. The Balaban J connectivity index is 1.97. The molecular formula is C21H30N4O. The van der Waals surface area contributed by atoms with Gasteiger partial charge in [-0.15, -0.1) is 0 Å². The van der Waals surface area contributed by atoms with E-state index in [2.05, 4.69) is 45.0 Å². The number of aryl methyl sites for hydroxylation is 1. The number of nitrogens with two attached hydrogens (primary N) is 1. The molecule has 2 aromatic rings. The number of carbonyl (C=O) groups is 1. The first-order valence-corrected chi connectivity index (χ1v) is 9.46. The zero-order valence-corrected chi connectivity index (χ0v) is 16.4. The third-order valence-corrected chi connectivity index (χ3v) is 5.23. The number of nitrogens with zero attached hydrogens (tertiary/aromatic N) is 3. The average Bonchev–Trinajstić information content (AvgIpc) is 3.01. The van der Waals surface area contributed by atoms with Crippen LogP contribution in [0.3, 0.4) is 0 Å². The van der Waals surface area contributed by atoms with Gasteiger partial charge in [0.15, 0.2) is 5.69 Å². The SMILES string of the molecule is Cc1ccc(-n2nc(C(=O)N(C)CC(C)(C)CN)c3c2CCCC3)cc1. The second kappa shape index (κ2) is 7.23. The lowest BCUT2D eigenvalue weighted by Crippen LogP contribution is -2.40. The van der Waals surface area contributed by atoms with Crippen molar-refractivity contribution in [2.75, 3.05) is 20.1 Å². The van der Waals surface area contributed by atoms with Crippen LogP contribution in [0, 0.1) is 12.3 Å². The van der Waals surface area contributed by atoms with Gasteiger partial charge in [0.05, 0.1) is 5.69 Å². The number of aromatic nitrogens is 2. The molecule has 0 unspecified atom stereocenters. The normalized spacial score (nSPS) is 14.2. The minimum absolute atomic E-state index is 0.00413. The molecule has 1 aromatic heterocycles. The fraction of sp³-hybridized carbons (Fsp3) is 0.524. The lowest BCUT2D eigenvalue weighted by atomic mass is 9.92. The predicted octanol–water partition coefficient (Wildman–Crippen LogP) is 3.12. The van der Waals surface area contributed by atoms with Gasteiger partial charge in [-0.3, -0.25) is 4.79 Å². The van der Waals surface area contributed by atoms with Gasteiger partial charge in [0.1, 0.15) is 0 Å². The Morgan fingerprint density at radius 3 is 2.54 bits per heavy atom. The lowest BCUT2D eigenvalue weighted by Gasteiger charge is -2.28. The molecule has 0 saturated heterocycles. The lowest BCUT2D eigenvalue weighted by molar-refractivity contribution is 0.0733. The summed E-state index contributed by atoms with van der Waals surface area (Å²) in [6.07, 6.45) is 4.16. The maximum absolute atomic E-state index is 13.1. The minimum Gasteiger partial charge on any atom is -0.340 e. The smallest absolute Gasteiger partial charge is 0.274 e. The van der Waals surface area contributed by atoms with Gasteiger partial charge in [-0.2, -0.15) is 5.10 Å². The van der Waals surface area contributed by atoms with Crippen molar-refractivity contribution in [3.8, 4) is 5.69 Å². The summed E-state index contributed by atoms with van der Waals surface area (Å²) in [6, 6.07) is 8.33. The van der Waals surface area contributed by atoms with Crippen LogP contribution < -0.4 is 5.73 Å². The second-order valence-electron chi connectivity index (χ2n) is 8.26. The summed E-state index contributed by atoms with van der Waals surface area (Å²) in [5.41, 5.74) is 10.9. The number of hydrogen-bond acceptors (Lipinski definition) is 3. The summed E-state index contributed by atoms with van der Waals surface area (Å²) in [4.78, 5) is 14.9. The molecule has 0 spiro atoms. The highest BCUT2D eigenvalue weighted by atomic mass is 16.2. The van der Waals surface area contributed by atoms with E-state index in [0.29, 0.717) is 18.8 Å². The van der Waals surface area contributed by atoms with Crippen molar-refractivity contribution in [1.82, 2.24) is 14.7 Å². The van der Waals surface area contributed by atoms with Crippen molar-refractivity contribution >= 4 is 5.91 Å². The maximum Gasteiger partial charge on any atom is 0.274 e. The third-order valence-electron chi connectivity index (χ3n) is 5.23. The molecule has 1 aromatic carbocycles. The first-order chi connectivity index (χ1) is 12.3. The van der Waals surface area contributed by atoms with Crippen LogP contribution in [0.25, 0.3) is 5.69 Å². The van der Waals surface area contributed by atoms with Crippen LogP contribution in [0.5, 0.6) is 0 Å². The zero-order valence-electron chi connectivity index (χ0n) is 16.4. The fourth-order valence-corrected chi connectivity index (χ4v) is 3.63. The first kappa shape index (κ1) is 18.6. The number of benzene rings is 1. The quantitative estimate of drug-likeness (QED) is 0.897. The van der Waals surface area contributed by atoms with Crippen LogP contribution >= 0.6 is 0 Å². The molecule has 3 rings (SSSR count). The van der Waals surface area contributed by atoms with Crippen LogP contribution in [0.2, 0.25) is 0 Å². The largest absolute Gasteiger partial charge is 0.340 e. The summed E-state index contributed by atoms with van der Waals surface area (Å²) in [6.45, 7) is 7.40. The summed E-state index contributed by atoms with van der Waals surface area (Å²) < 4.78 is 1.98. The van der Waals surface area contributed by atoms with E-state index in [9.17, 15) is 4.79 Å². The summed E-state index contributed by atoms with van der Waals surface area (Å²) in [7, 11) is 1.85. The van der Waals surface area contributed by atoms with Crippen molar-refractivity contribution < 1.29 is 4.79 Å². The topological polar surface area (TPSA) is 64.2 Å². The van der Waals surface area contributed by atoms with Crippen molar-refractivity contribution in [1.29, 1.82) is 0 Å². The van der Waals surface area contributed by atoms with Crippen LogP contribution in [0.4, 0.5) is 0 Å². The third kappa shape index (κ3) is 3.68. The molecule has 5 heteroatoms. The molecule has 1 heterocycles. The molecular weight excluding hydrogens is 324 g/mol. The monoisotopic (exact) mass is 354 g/mol. The molecule has 0 bridgehead atoms. The van der Waals surface area contributed by atoms with Crippen molar-refractivity contribution in [3.63, 3.8) is 0 Å². The molecule has 2 N–H and O–H groups in total. The van der Waals surface area contributed by atoms with E-state index in [1.54, 1.807) is 4.90 Å². The molecule has 1 aliphatic rings. The van der Waals surface area contributed by atoms with E-state index in [1.165, 1.54) is 11.3 Å². The van der Waals surface area contributed by atoms with Gasteiger partial charge in [-0.1, -0.05) is 31.5 Å². The van der Waals surface area contributed by atoms with Crippen LogP contribution in [-0.4, -0.2) is 40.7 Å². The zero-order chi connectivity index (χ0) is 18.9. The molecule has 26 heavy (non-hydrogen) atoms. The van der Waals surface area contributed by atoms with Gasteiger partial charge >= 0.3 is 0 Å². The van der Waals surface area contributed by atoms with Gasteiger partial charge in [-0.25, -0.2) is 4.68 Å². The summed E-state index contributed by atoms with van der Waals surface area (Å²) in [5.74, 6) is -0.00413. The van der Waals surface area contributed by atoms with E-state index in [1.807, 2.05) is 11.7 Å². The Morgan fingerprint density at radius 1 is 1.23 bits per heavy atom. The molecule has 140 valence electrons. The number of amides is 1. The Hall–Kier alpha value is -2.14. The predicted molar refractivity (Wildman–Crippen MR) is 105 cm³/mol.